The molecule has 0 unspecified atom stereocenters. The van der Waals surface area contributed by atoms with E-state index in [9.17, 15) is 9.59 Å². The van der Waals surface area contributed by atoms with Crippen LogP contribution in [0.25, 0.3) is 22.0 Å². The Labute approximate surface area is 218 Å². The van der Waals surface area contributed by atoms with E-state index in [-0.39, 0.29) is 21.3 Å². The van der Waals surface area contributed by atoms with Gasteiger partial charge < -0.3 is 0 Å². The Morgan fingerprint density at radius 2 is 0.917 bits per heavy atom. The van der Waals surface area contributed by atoms with Crippen LogP contribution in [0.3, 0.4) is 0 Å². The Bertz CT molecular complexity index is 1550. The molecule has 0 bridgehead atoms. The second kappa shape index (κ2) is 10.6. The van der Waals surface area contributed by atoms with Crippen LogP contribution < -0.4 is 21.3 Å². The van der Waals surface area contributed by atoms with Crippen LogP contribution in [0.2, 0.25) is 0 Å². The summed E-state index contributed by atoms with van der Waals surface area (Å²) in [6.45, 7) is 4.13. The molecule has 0 aliphatic carbocycles. The molecule has 0 saturated carbocycles. The first-order chi connectivity index (χ1) is 17.5. The molecule has 0 N–H and O–H groups in total. The van der Waals surface area contributed by atoms with Crippen LogP contribution in [0, 0.1) is 0 Å². The molecule has 2 aliphatic heterocycles. The molecule has 176 valence electrons. The third kappa shape index (κ3) is 5.30. The van der Waals surface area contributed by atoms with Crippen LogP contribution in [-0.4, -0.2) is 0 Å². The molecular weight excluding hydrogens is 480 g/mol. The van der Waals surface area contributed by atoms with Gasteiger partial charge in [-0.2, -0.15) is 0 Å². The van der Waals surface area contributed by atoms with Gasteiger partial charge in [0.1, 0.15) is 0 Å². The molecule has 0 atom stereocenters. The second-order valence-corrected chi connectivity index (χ2v) is 11.2. The summed E-state index contributed by atoms with van der Waals surface area (Å²) in [6, 6.07) is 20.4. The fourth-order valence-corrected chi connectivity index (χ4v) is 6.08. The fraction of sp³-hybridized carbons (Fsp3) is 0.0625. The van der Waals surface area contributed by atoms with E-state index < -0.39 is 0 Å². The van der Waals surface area contributed by atoms with Crippen molar-refractivity contribution in [2.24, 2.45) is 0 Å². The molecule has 3 aromatic rings. The maximum Gasteiger partial charge on any atom is 0.200 e. The summed E-state index contributed by atoms with van der Waals surface area (Å²) >= 11 is 3.44. The van der Waals surface area contributed by atoms with E-state index in [0.29, 0.717) is 0 Å². The summed E-state index contributed by atoms with van der Waals surface area (Å²) in [6.07, 6.45) is 15.3. The first-order valence-electron chi connectivity index (χ1n) is 11.7. The topological polar surface area (TPSA) is 34.1 Å². The first kappa shape index (κ1) is 24.1. The van der Waals surface area contributed by atoms with E-state index in [1.807, 2.05) is 48.6 Å². The van der Waals surface area contributed by atoms with Gasteiger partial charge in [-0.05, 0) is 82.4 Å². The van der Waals surface area contributed by atoms with Crippen molar-refractivity contribution in [2.45, 2.75) is 13.8 Å². The lowest BCUT2D eigenvalue weighted by Gasteiger charge is -2.13. The molecule has 5 rings (SSSR count). The minimum atomic E-state index is -0.204. The Balaban J connectivity index is 1.44. The summed E-state index contributed by atoms with van der Waals surface area (Å²) < 4.78 is 0. The summed E-state index contributed by atoms with van der Waals surface area (Å²) in [5.74, 6) is 0. The van der Waals surface area contributed by atoms with E-state index >= 15 is 0 Å². The highest BCUT2D eigenvalue weighted by molar-refractivity contribution is 8.12. The van der Waals surface area contributed by atoms with E-state index in [1.54, 1.807) is 35.7 Å². The van der Waals surface area contributed by atoms with Gasteiger partial charge in [0.05, 0.1) is 10.4 Å². The molecule has 0 fully saturated rings. The molecule has 0 amide bonds. The fourth-order valence-electron chi connectivity index (χ4n) is 4.10. The predicted molar refractivity (Wildman–Crippen MR) is 157 cm³/mol. The Morgan fingerprint density at radius 3 is 1.31 bits per heavy atom. The molecular formula is C32H24O2S2. The standard InChI is InChI=1S/C32H24O2S2/c1-21-17-23(19-29(35-21)25-9-5-3-6-10-25)13-15-27-31(33)28(32(27)34)16-14-24-18-22(2)36-30(20-24)26-11-7-4-8-12-26/h3-20H,1-2H3. The minimum Gasteiger partial charge on any atom is -0.288 e. The molecule has 0 saturated heterocycles. The lowest BCUT2D eigenvalue weighted by Crippen LogP contribution is -2.64. The van der Waals surface area contributed by atoms with Crippen molar-refractivity contribution < 1.29 is 0 Å². The van der Waals surface area contributed by atoms with Crippen LogP contribution in [0.1, 0.15) is 25.0 Å². The smallest absolute Gasteiger partial charge is 0.200 e. The zero-order valence-corrected chi connectivity index (χ0v) is 21.7. The predicted octanol–water partition coefficient (Wildman–Crippen LogP) is 6.08. The summed E-state index contributed by atoms with van der Waals surface area (Å²) in [4.78, 5) is 30.1. The van der Waals surface area contributed by atoms with Gasteiger partial charge in [-0.1, -0.05) is 96.3 Å². The van der Waals surface area contributed by atoms with Crippen LogP contribution >= 0.6 is 23.5 Å². The largest absolute Gasteiger partial charge is 0.288 e. The van der Waals surface area contributed by atoms with Crippen molar-refractivity contribution in [1.29, 1.82) is 0 Å². The third-order valence-electron chi connectivity index (χ3n) is 5.86. The van der Waals surface area contributed by atoms with Gasteiger partial charge in [0.25, 0.3) is 0 Å². The van der Waals surface area contributed by atoms with Gasteiger partial charge in [0, 0.05) is 9.81 Å². The molecule has 3 aromatic carbocycles. The third-order valence-corrected chi connectivity index (χ3v) is 7.88. The average molecular weight is 505 g/mol. The quantitative estimate of drug-likeness (QED) is 0.431. The highest BCUT2D eigenvalue weighted by atomic mass is 32.2. The molecule has 2 aliphatic rings. The number of hydrogen-bond acceptors (Lipinski definition) is 4. The van der Waals surface area contributed by atoms with Crippen LogP contribution in [0.5, 0.6) is 0 Å². The maximum absolute atomic E-state index is 12.7. The van der Waals surface area contributed by atoms with Gasteiger partial charge in [0.15, 0.2) is 0 Å². The highest BCUT2D eigenvalue weighted by Gasteiger charge is 2.12. The van der Waals surface area contributed by atoms with Crippen molar-refractivity contribution in [3.05, 3.63) is 160 Å². The molecule has 2 heterocycles. The second-order valence-electron chi connectivity index (χ2n) is 8.62. The normalized spacial score (nSPS) is 17.9. The Hall–Kier alpha value is -3.60. The monoisotopic (exact) mass is 504 g/mol. The van der Waals surface area contributed by atoms with E-state index in [2.05, 4.69) is 62.4 Å². The number of rotatable bonds is 4. The van der Waals surface area contributed by atoms with E-state index in [0.717, 1.165) is 41.9 Å². The minimum absolute atomic E-state index is 0.204. The summed E-state index contributed by atoms with van der Waals surface area (Å²) in [7, 11) is 0. The van der Waals surface area contributed by atoms with Crippen LogP contribution in [-0.2, 0) is 0 Å². The van der Waals surface area contributed by atoms with Gasteiger partial charge in [0.2, 0.25) is 10.9 Å². The summed E-state index contributed by atoms with van der Waals surface area (Å²) in [5, 5.41) is 0.468. The van der Waals surface area contributed by atoms with Gasteiger partial charge in [-0.15, -0.1) is 0 Å². The zero-order valence-electron chi connectivity index (χ0n) is 20.0. The van der Waals surface area contributed by atoms with E-state index in [1.165, 1.54) is 0 Å². The van der Waals surface area contributed by atoms with Gasteiger partial charge >= 0.3 is 0 Å². The van der Waals surface area contributed by atoms with Gasteiger partial charge in [-0.25, -0.2) is 0 Å². The number of hydrogen-bond donors (Lipinski definition) is 0. The van der Waals surface area contributed by atoms with Gasteiger partial charge in [-0.3, -0.25) is 9.59 Å². The van der Waals surface area contributed by atoms with Crippen LogP contribution in [0.4, 0.5) is 0 Å². The molecule has 36 heavy (non-hydrogen) atoms. The number of thioether (sulfide) groups is 2. The van der Waals surface area contributed by atoms with Crippen molar-refractivity contribution in [1.82, 2.24) is 0 Å². The van der Waals surface area contributed by atoms with Crippen molar-refractivity contribution >= 4 is 45.5 Å². The molecule has 0 aromatic heterocycles. The maximum atomic E-state index is 12.7. The lowest BCUT2D eigenvalue weighted by molar-refractivity contribution is 1.27. The Kier molecular flexibility index (Phi) is 7.08. The number of allylic oxidation sites excluding steroid dienone is 10. The Morgan fingerprint density at radius 1 is 0.528 bits per heavy atom. The molecule has 2 nitrogen and oxygen atoms in total. The molecule has 0 spiro atoms. The van der Waals surface area contributed by atoms with Crippen molar-refractivity contribution in [3.63, 3.8) is 0 Å². The summed E-state index contributed by atoms with van der Waals surface area (Å²) in [5.41, 5.74) is 3.83. The molecule has 4 heteroatoms. The first-order valence-corrected chi connectivity index (χ1v) is 13.3. The highest BCUT2D eigenvalue weighted by Crippen LogP contribution is 2.39. The van der Waals surface area contributed by atoms with E-state index in [4.69, 9.17) is 0 Å². The average Bonchev–Trinajstić information content (AvgIpc) is 2.89. The van der Waals surface area contributed by atoms with Crippen molar-refractivity contribution in [3.8, 4) is 0 Å². The SMILES string of the molecule is CC1=CC(=CC=c2c(=O)c(=CC=C3C=C(C)SC(c4ccccc4)=C3)c2=O)C=C(c2ccccc2)S1. The van der Waals surface area contributed by atoms with Crippen LogP contribution in [0.15, 0.2) is 128 Å². The number of benzene rings is 2. The molecule has 0 radical (unpaired) electrons. The lowest BCUT2D eigenvalue weighted by atomic mass is 10.1. The zero-order chi connectivity index (χ0) is 25.1. The van der Waals surface area contributed by atoms with Crippen molar-refractivity contribution in [2.75, 3.05) is 0 Å².